The van der Waals surface area contributed by atoms with Crippen molar-refractivity contribution in [2.45, 2.75) is 32.9 Å². The van der Waals surface area contributed by atoms with Crippen LogP contribution in [0.3, 0.4) is 0 Å². The predicted octanol–water partition coefficient (Wildman–Crippen LogP) is 4.73. The number of halogens is 1. The molecule has 3 aromatic rings. The minimum atomic E-state index is -1.05. The second-order valence-electron chi connectivity index (χ2n) is 8.06. The third-order valence-electron chi connectivity index (χ3n) is 5.81. The summed E-state index contributed by atoms with van der Waals surface area (Å²) < 4.78 is 15.1. The number of nitrogens with zero attached hydrogens (tertiary/aromatic N) is 2. The van der Waals surface area contributed by atoms with E-state index in [4.69, 9.17) is 0 Å². The number of phenolic OH excluding ortho intramolecular Hbond substituents is 1. The molecule has 2 N–H and O–H groups in total. The highest BCUT2D eigenvalue weighted by Crippen LogP contribution is 2.36. The first-order valence-electron chi connectivity index (χ1n) is 10.1. The van der Waals surface area contributed by atoms with Crippen molar-refractivity contribution in [3.8, 4) is 5.75 Å². The molecule has 1 aliphatic heterocycles. The van der Waals surface area contributed by atoms with E-state index in [-0.39, 0.29) is 17.1 Å². The van der Waals surface area contributed by atoms with E-state index in [0.29, 0.717) is 18.0 Å². The monoisotopic (exact) mass is 408 g/mol. The second kappa shape index (κ2) is 7.95. The molecular weight excluding hydrogens is 383 g/mol. The van der Waals surface area contributed by atoms with Crippen molar-refractivity contribution >= 4 is 22.4 Å². The summed E-state index contributed by atoms with van der Waals surface area (Å²) in [5.74, 6) is -1.27. The number of benzene rings is 2. The van der Waals surface area contributed by atoms with Crippen LogP contribution in [0.4, 0.5) is 4.39 Å². The van der Waals surface area contributed by atoms with Gasteiger partial charge in [0.1, 0.15) is 11.6 Å². The van der Waals surface area contributed by atoms with E-state index in [1.807, 2.05) is 10.6 Å². The van der Waals surface area contributed by atoms with Crippen LogP contribution >= 0.6 is 0 Å². The van der Waals surface area contributed by atoms with Crippen LogP contribution in [0.1, 0.15) is 41.8 Å². The maximum Gasteiger partial charge on any atom is 0.337 e. The third kappa shape index (κ3) is 3.83. The Balaban J connectivity index is 1.78. The van der Waals surface area contributed by atoms with Gasteiger partial charge < -0.3 is 14.8 Å². The fourth-order valence-corrected chi connectivity index (χ4v) is 4.07. The summed E-state index contributed by atoms with van der Waals surface area (Å²) in [5, 5.41) is 20.8. The van der Waals surface area contributed by atoms with Crippen LogP contribution in [0.2, 0.25) is 0 Å². The van der Waals surface area contributed by atoms with Crippen LogP contribution in [0.5, 0.6) is 5.75 Å². The Labute approximate surface area is 174 Å². The number of rotatable bonds is 5. The zero-order valence-electron chi connectivity index (χ0n) is 17.1. The largest absolute Gasteiger partial charge is 0.507 e. The molecule has 0 spiro atoms. The standard InChI is InChI=1S/C24H25FN2O3/c1-15(2)26-9-7-17(8-10-26)19-11-22-20(12-23(19)28)21(24(29)30)14-27(22)13-16-3-5-18(25)6-4-16/h3-7,11-12,14-15,28H,8-10,13H2,1-2H3,(H,29,30). The Bertz CT molecular complexity index is 1130. The molecule has 30 heavy (non-hydrogen) atoms. The van der Waals surface area contributed by atoms with Crippen LogP contribution in [0.25, 0.3) is 16.5 Å². The van der Waals surface area contributed by atoms with Crippen molar-refractivity contribution in [2.24, 2.45) is 0 Å². The van der Waals surface area contributed by atoms with Crippen LogP contribution in [-0.2, 0) is 6.54 Å². The van der Waals surface area contributed by atoms with Crippen LogP contribution < -0.4 is 0 Å². The second-order valence-corrected chi connectivity index (χ2v) is 8.06. The maximum absolute atomic E-state index is 13.2. The molecule has 5 nitrogen and oxygen atoms in total. The average molecular weight is 408 g/mol. The Morgan fingerprint density at radius 3 is 2.53 bits per heavy atom. The van der Waals surface area contributed by atoms with E-state index in [2.05, 4.69) is 24.8 Å². The van der Waals surface area contributed by atoms with E-state index in [1.54, 1.807) is 24.4 Å². The molecule has 0 fully saturated rings. The molecule has 0 aliphatic carbocycles. The zero-order chi connectivity index (χ0) is 21.4. The van der Waals surface area contributed by atoms with Crippen molar-refractivity contribution in [3.63, 3.8) is 0 Å². The van der Waals surface area contributed by atoms with E-state index >= 15 is 0 Å². The van der Waals surface area contributed by atoms with Crippen LogP contribution in [0, 0.1) is 5.82 Å². The molecule has 0 amide bonds. The molecule has 1 aliphatic rings. The Kier molecular flexibility index (Phi) is 5.35. The van der Waals surface area contributed by atoms with Gasteiger partial charge in [0.2, 0.25) is 0 Å². The lowest BCUT2D eigenvalue weighted by Crippen LogP contribution is -2.34. The van der Waals surface area contributed by atoms with Gasteiger partial charge in [0.05, 0.1) is 11.1 Å². The van der Waals surface area contributed by atoms with Gasteiger partial charge in [-0.05, 0) is 55.7 Å². The Hall–Kier alpha value is -3.12. The van der Waals surface area contributed by atoms with Crippen molar-refractivity contribution < 1.29 is 19.4 Å². The van der Waals surface area contributed by atoms with Gasteiger partial charge in [0.15, 0.2) is 0 Å². The maximum atomic E-state index is 13.2. The number of carboxylic acid groups (broad SMARTS) is 1. The molecule has 2 heterocycles. The average Bonchev–Trinajstić information content (AvgIpc) is 3.06. The topological polar surface area (TPSA) is 65.7 Å². The highest BCUT2D eigenvalue weighted by Gasteiger charge is 2.21. The number of carboxylic acids is 1. The Morgan fingerprint density at radius 1 is 1.20 bits per heavy atom. The summed E-state index contributed by atoms with van der Waals surface area (Å²) in [7, 11) is 0. The smallest absolute Gasteiger partial charge is 0.337 e. The Morgan fingerprint density at radius 2 is 1.93 bits per heavy atom. The molecule has 0 radical (unpaired) electrons. The summed E-state index contributed by atoms with van der Waals surface area (Å²) in [6.45, 7) is 6.48. The SMILES string of the molecule is CC(C)N1CC=C(c2cc3c(cc2O)c(C(=O)O)cn3Cc2ccc(F)cc2)CC1. The lowest BCUT2D eigenvalue weighted by Gasteiger charge is -2.30. The first-order chi connectivity index (χ1) is 14.3. The van der Waals surface area contributed by atoms with Crippen molar-refractivity contribution in [2.75, 3.05) is 13.1 Å². The van der Waals surface area contributed by atoms with Gasteiger partial charge in [-0.15, -0.1) is 0 Å². The van der Waals surface area contributed by atoms with Gasteiger partial charge in [-0.3, -0.25) is 4.90 Å². The normalized spacial score (nSPS) is 15.0. The lowest BCUT2D eigenvalue weighted by molar-refractivity contribution is 0.0699. The molecule has 1 aromatic heterocycles. The summed E-state index contributed by atoms with van der Waals surface area (Å²) in [5.41, 5.74) is 3.54. The van der Waals surface area contributed by atoms with E-state index in [9.17, 15) is 19.4 Å². The molecule has 2 aromatic carbocycles. The first-order valence-corrected chi connectivity index (χ1v) is 10.1. The van der Waals surface area contributed by atoms with Crippen molar-refractivity contribution in [3.05, 3.63) is 71.2 Å². The molecule has 6 heteroatoms. The van der Waals surface area contributed by atoms with Crippen LogP contribution in [-0.4, -0.2) is 44.8 Å². The van der Waals surface area contributed by atoms with E-state index in [0.717, 1.165) is 41.7 Å². The fraction of sp³-hybridized carbons (Fsp3) is 0.292. The third-order valence-corrected chi connectivity index (χ3v) is 5.81. The molecule has 0 atom stereocenters. The number of aromatic nitrogens is 1. The van der Waals surface area contributed by atoms with Gasteiger partial charge in [-0.1, -0.05) is 18.2 Å². The van der Waals surface area contributed by atoms with Crippen molar-refractivity contribution in [1.29, 1.82) is 0 Å². The van der Waals surface area contributed by atoms with E-state index in [1.165, 1.54) is 12.1 Å². The molecule has 0 bridgehead atoms. The highest BCUT2D eigenvalue weighted by atomic mass is 19.1. The number of aromatic hydroxyl groups is 1. The van der Waals surface area contributed by atoms with Crippen LogP contribution in [0.15, 0.2) is 48.7 Å². The van der Waals surface area contributed by atoms with Gasteiger partial charge in [-0.2, -0.15) is 0 Å². The van der Waals surface area contributed by atoms with Gasteiger partial charge in [-0.25, -0.2) is 9.18 Å². The number of phenols is 1. The number of hydrogen-bond acceptors (Lipinski definition) is 3. The number of carbonyl (C=O) groups is 1. The first kappa shape index (κ1) is 20.2. The summed E-state index contributed by atoms with van der Waals surface area (Å²) in [6, 6.07) is 10.0. The van der Waals surface area contributed by atoms with Gasteiger partial charge in [0, 0.05) is 42.8 Å². The molecular formula is C24H25FN2O3. The summed E-state index contributed by atoms with van der Waals surface area (Å²) in [6.07, 6.45) is 4.53. The summed E-state index contributed by atoms with van der Waals surface area (Å²) >= 11 is 0. The lowest BCUT2D eigenvalue weighted by atomic mass is 9.96. The minimum Gasteiger partial charge on any atom is -0.507 e. The molecule has 4 rings (SSSR count). The quantitative estimate of drug-likeness (QED) is 0.641. The fourth-order valence-electron chi connectivity index (χ4n) is 4.07. The molecule has 156 valence electrons. The number of aromatic carboxylic acids is 1. The van der Waals surface area contributed by atoms with Gasteiger partial charge in [0.25, 0.3) is 0 Å². The van der Waals surface area contributed by atoms with Crippen molar-refractivity contribution in [1.82, 2.24) is 9.47 Å². The highest BCUT2D eigenvalue weighted by molar-refractivity contribution is 6.05. The molecule has 0 saturated heterocycles. The zero-order valence-corrected chi connectivity index (χ0v) is 17.1. The van der Waals surface area contributed by atoms with Gasteiger partial charge >= 0.3 is 5.97 Å². The number of hydrogen-bond donors (Lipinski definition) is 2. The molecule has 0 saturated carbocycles. The van der Waals surface area contributed by atoms with E-state index < -0.39 is 5.97 Å². The number of fused-ring (bicyclic) bond motifs is 1. The predicted molar refractivity (Wildman–Crippen MR) is 115 cm³/mol. The minimum absolute atomic E-state index is 0.0915. The summed E-state index contributed by atoms with van der Waals surface area (Å²) in [4.78, 5) is 14.1. The molecule has 0 unspecified atom stereocenters.